The van der Waals surface area contributed by atoms with Gasteiger partial charge in [0.25, 0.3) is 0 Å². The van der Waals surface area contributed by atoms with Gasteiger partial charge in [-0.3, -0.25) is 0 Å². The fraction of sp³-hybridized carbons (Fsp3) is 0.235. The molecule has 2 aromatic carbocycles. The van der Waals surface area contributed by atoms with Crippen molar-refractivity contribution in [2.24, 2.45) is 0 Å². The lowest BCUT2D eigenvalue weighted by Crippen LogP contribution is -2.43. The average Bonchev–Trinajstić information content (AvgIpc) is 2.56. The predicted octanol–water partition coefficient (Wildman–Crippen LogP) is 3.10. The summed E-state index contributed by atoms with van der Waals surface area (Å²) < 4.78 is 2.39. The molecule has 5 heteroatoms. The van der Waals surface area contributed by atoms with Crippen LogP contribution in [0.25, 0.3) is 0 Å². The first-order valence-corrected chi connectivity index (χ1v) is 8.17. The molecule has 1 aliphatic rings. The third-order valence-electron chi connectivity index (χ3n) is 3.82. The molecule has 114 valence electrons. The number of nitrogens with two attached hydrogens (primary N) is 1. The van der Waals surface area contributed by atoms with Gasteiger partial charge in [0.2, 0.25) is 0 Å². The second-order valence-corrected chi connectivity index (χ2v) is 6.42. The second-order valence-electron chi connectivity index (χ2n) is 5.24. The van der Waals surface area contributed by atoms with E-state index in [2.05, 4.69) is 39.5 Å². The molecule has 0 aromatic heterocycles. The summed E-state index contributed by atoms with van der Waals surface area (Å²) in [4.78, 5) is 3.60. The molecule has 0 spiro atoms. The van der Waals surface area contributed by atoms with Crippen molar-refractivity contribution in [2.75, 3.05) is 36.8 Å². The number of nitrogen functional groups attached to an aromatic ring is 1. The maximum atomic E-state index is 7.59. The minimum Gasteiger partial charge on any atom is -0.398 e. The number of nitrogens with one attached hydrogen (secondary N) is 1. The molecule has 0 unspecified atom stereocenters. The van der Waals surface area contributed by atoms with Crippen molar-refractivity contribution in [3.05, 3.63) is 54.1 Å². The van der Waals surface area contributed by atoms with Gasteiger partial charge in [-0.1, -0.05) is 24.3 Å². The zero-order chi connectivity index (χ0) is 15.4. The first-order chi connectivity index (χ1) is 10.8. The van der Waals surface area contributed by atoms with E-state index in [0.29, 0.717) is 5.69 Å². The lowest BCUT2D eigenvalue weighted by atomic mass is 10.1. The Hall–Kier alpha value is -1.98. The standard InChI is InChI=1S/C17H20N4S/c18-13-15-16(19)7-4-8-17(15)20-9-11-21(12-10-20)22-14-5-2-1-3-6-14/h1-8,13,18H,9-12,19H2. The summed E-state index contributed by atoms with van der Waals surface area (Å²) in [6.07, 6.45) is 1.36. The largest absolute Gasteiger partial charge is 0.398 e. The Labute approximate surface area is 135 Å². The lowest BCUT2D eigenvalue weighted by Gasteiger charge is -2.36. The fourth-order valence-electron chi connectivity index (χ4n) is 2.65. The molecule has 0 saturated carbocycles. The minimum atomic E-state index is 0.675. The quantitative estimate of drug-likeness (QED) is 0.517. The molecule has 4 nitrogen and oxygen atoms in total. The van der Waals surface area contributed by atoms with Gasteiger partial charge in [-0.15, -0.1) is 0 Å². The summed E-state index contributed by atoms with van der Waals surface area (Å²) in [5.41, 5.74) is 8.54. The molecule has 2 aromatic rings. The normalized spacial score (nSPS) is 15.7. The molecule has 0 amide bonds. The topological polar surface area (TPSA) is 56.4 Å². The summed E-state index contributed by atoms with van der Waals surface area (Å²) in [7, 11) is 0. The third-order valence-corrected chi connectivity index (χ3v) is 4.92. The van der Waals surface area contributed by atoms with Crippen LogP contribution in [0.5, 0.6) is 0 Å². The molecule has 3 N–H and O–H groups in total. The van der Waals surface area contributed by atoms with Crippen LogP contribution >= 0.6 is 11.9 Å². The van der Waals surface area contributed by atoms with Gasteiger partial charge in [-0.25, -0.2) is 4.31 Å². The fourth-order valence-corrected chi connectivity index (χ4v) is 3.58. The van der Waals surface area contributed by atoms with E-state index in [1.165, 1.54) is 11.1 Å². The maximum Gasteiger partial charge on any atom is 0.0477 e. The Morgan fingerprint density at radius 2 is 1.68 bits per heavy atom. The number of hydrogen-bond acceptors (Lipinski definition) is 5. The lowest BCUT2D eigenvalue weighted by molar-refractivity contribution is 0.429. The highest BCUT2D eigenvalue weighted by molar-refractivity contribution is 7.97. The van der Waals surface area contributed by atoms with Crippen LogP contribution in [0.4, 0.5) is 11.4 Å². The molecular weight excluding hydrogens is 292 g/mol. The molecule has 0 radical (unpaired) electrons. The molecule has 1 heterocycles. The minimum absolute atomic E-state index is 0.675. The van der Waals surface area contributed by atoms with Gasteiger partial charge in [0.1, 0.15) is 0 Å². The van der Waals surface area contributed by atoms with E-state index in [4.69, 9.17) is 11.1 Å². The zero-order valence-electron chi connectivity index (χ0n) is 12.4. The van der Waals surface area contributed by atoms with E-state index in [9.17, 15) is 0 Å². The highest BCUT2D eigenvalue weighted by Crippen LogP contribution is 2.28. The molecular formula is C17H20N4S. The summed E-state index contributed by atoms with van der Waals surface area (Å²) in [6.45, 7) is 3.88. The number of rotatable bonds is 4. The SMILES string of the molecule is N=Cc1c(N)cccc1N1CCN(Sc2ccccc2)CC1. The monoisotopic (exact) mass is 312 g/mol. The van der Waals surface area contributed by atoms with Crippen LogP contribution in [0.3, 0.4) is 0 Å². The van der Waals surface area contributed by atoms with E-state index in [1.807, 2.05) is 30.1 Å². The Balaban J connectivity index is 1.65. The van der Waals surface area contributed by atoms with Crippen LogP contribution in [0.15, 0.2) is 53.4 Å². The Morgan fingerprint density at radius 3 is 2.36 bits per heavy atom. The maximum absolute atomic E-state index is 7.59. The Morgan fingerprint density at radius 1 is 0.955 bits per heavy atom. The van der Waals surface area contributed by atoms with Crippen molar-refractivity contribution in [3.8, 4) is 0 Å². The number of hydrogen-bond donors (Lipinski definition) is 2. The molecule has 0 bridgehead atoms. The van der Waals surface area contributed by atoms with Gasteiger partial charge < -0.3 is 16.0 Å². The van der Waals surface area contributed by atoms with Gasteiger partial charge in [-0.05, 0) is 36.2 Å². The Bertz CT molecular complexity index is 636. The average molecular weight is 312 g/mol. The van der Waals surface area contributed by atoms with Crippen molar-refractivity contribution in [3.63, 3.8) is 0 Å². The molecule has 0 aliphatic carbocycles. The summed E-state index contributed by atoms with van der Waals surface area (Å²) in [5, 5.41) is 7.59. The van der Waals surface area contributed by atoms with Crippen LogP contribution < -0.4 is 10.6 Å². The van der Waals surface area contributed by atoms with E-state index in [1.54, 1.807) is 0 Å². The highest BCUT2D eigenvalue weighted by Gasteiger charge is 2.20. The molecule has 1 saturated heterocycles. The number of piperazine rings is 1. The van der Waals surface area contributed by atoms with Gasteiger partial charge in [-0.2, -0.15) is 0 Å². The molecule has 1 fully saturated rings. The van der Waals surface area contributed by atoms with Gasteiger partial charge >= 0.3 is 0 Å². The molecule has 1 aliphatic heterocycles. The van der Waals surface area contributed by atoms with Crippen molar-refractivity contribution >= 4 is 29.5 Å². The van der Waals surface area contributed by atoms with Crippen LogP contribution in [-0.2, 0) is 0 Å². The zero-order valence-corrected chi connectivity index (χ0v) is 13.2. The van der Waals surface area contributed by atoms with Crippen molar-refractivity contribution in [1.82, 2.24) is 4.31 Å². The van der Waals surface area contributed by atoms with E-state index >= 15 is 0 Å². The molecule has 0 atom stereocenters. The van der Waals surface area contributed by atoms with Crippen molar-refractivity contribution < 1.29 is 0 Å². The van der Waals surface area contributed by atoms with E-state index < -0.39 is 0 Å². The summed E-state index contributed by atoms with van der Waals surface area (Å²) in [5.74, 6) is 0. The van der Waals surface area contributed by atoms with Crippen LogP contribution in [0.1, 0.15) is 5.56 Å². The number of benzene rings is 2. The number of nitrogens with zero attached hydrogens (tertiary/aromatic N) is 2. The van der Waals surface area contributed by atoms with Gasteiger partial charge in [0.05, 0.1) is 0 Å². The van der Waals surface area contributed by atoms with Crippen LogP contribution in [0.2, 0.25) is 0 Å². The Kier molecular flexibility index (Phi) is 4.65. The van der Waals surface area contributed by atoms with E-state index in [0.717, 1.165) is 37.4 Å². The van der Waals surface area contributed by atoms with Crippen molar-refractivity contribution in [2.45, 2.75) is 4.90 Å². The van der Waals surface area contributed by atoms with Crippen LogP contribution in [0, 0.1) is 5.41 Å². The summed E-state index contributed by atoms with van der Waals surface area (Å²) in [6, 6.07) is 16.3. The smallest absolute Gasteiger partial charge is 0.0477 e. The summed E-state index contributed by atoms with van der Waals surface area (Å²) >= 11 is 1.81. The van der Waals surface area contributed by atoms with Crippen molar-refractivity contribution in [1.29, 1.82) is 5.41 Å². The van der Waals surface area contributed by atoms with Gasteiger partial charge in [0, 0.05) is 54.2 Å². The molecule has 22 heavy (non-hydrogen) atoms. The first-order valence-electron chi connectivity index (χ1n) is 7.40. The number of anilines is 2. The highest BCUT2D eigenvalue weighted by atomic mass is 32.2. The van der Waals surface area contributed by atoms with Gasteiger partial charge in [0.15, 0.2) is 0 Å². The first kappa shape index (κ1) is 14.9. The van der Waals surface area contributed by atoms with E-state index in [-0.39, 0.29) is 0 Å². The third kappa shape index (κ3) is 3.26. The predicted molar refractivity (Wildman–Crippen MR) is 94.8 cm³/mol. The second kappa shape index (κ2) is 6.85. The molecule has 3 rings (SSSR count). The van der Waals surface area contributed by atoms with Crippen LogP contribution in [-0.4, -0.2) is 36.7 Å².